The SMILES string of the molecule is C=CCOCC(O)CN(Cc1cccs1)C(C)C. The summed E-state index contributed by atoms with van der Waals surface area (Å²) in [6.45, 7) is 10.2. The van der Waals surface area contributed by atoms with E-state index >= 15 is 0 Å². The highest BCUT2D eigenvalue weighted by atomic mass is 32.1. The van der Waals surface area contributed by atoms with Crippen LogP contribution in [0.3, 0.4) is 0 Å². The van der Waals surface area contributed by atoms with Gasteiger partial charge in [-0.25, -0.2) is 0 Å². The molecule has 0 aliphatic carbocycles. The molecule has 102 valence electrons. The first-order chi connectivity index (χ1) is 8.63. The van der Waals surface area contributed by atoms with Gasteiger partial charge < -0.3 is 9.84 Å². The number of hydrogen-bond acceptors (Lipinski definition) is 4. The van der Waals surface area contributed by atoms with E-state index in [1.54, 1.807) is 17.4 Å². The Bertz CT molecular complexity index is 325. The first kappa shape index (κ1) is 15.4. The Kier molecular flexibility index (Phi) is 7.20. The predicted octanol–water partition coefficient (Wildman–Crippen LogP) is 2.52. The summed E-state index contributed by atoms with van der Waals surface area (Å²) in [6, 6.07) is 4.59. The van der Waals surface area contributed by atoms with E-state index in [1.165, 1.54) is 4.88 Å². The van der Waals surface area contributed by atoms with Crippen LogP contribution in [0.25, 0.3) is 0 Å². The van der Waals surface area contributed by atoms with Crippen molar-refractivity contribution in [1.29, 1.82) is 0 Å². The quantitative estimate of drug-likeness (QED) is 0.552. The second kappa shape index (κ2) is 8.43. The van der Waals surface area contributed by atoms with Gasteiger partial charge in [0.25, 0.3) is 0 Å². The fraction of sp³-hybridized carbons (Fsp3) is 0.571. The highest BCUT2D eigenvalue weighted by Gasteiger charge is 2.15. The van der Waals surface area contributed by atoms with Crippen LogP contribution in [0.4, 0.5) is 0 Å². The van der Waals surface area contributed by atoms with Gasteiger partial charge in [0, 0.05) is 24.0 Å². The van der Waals surface area contributed by atoms with Crippen LogP contribution in [0, 0.1) is 0 Å². The average Bonchev–Trinajstić information content (AvgIpc) is 2.81. The summed E-state index contributed by atoms with van der Waals surface area (Å²) in [5.74, 6) is 0. The van der Waals surface area contributed by atoms with Crippen molar-refractivity contribution < 1.29 is 9.84 Å². The lowest BCUT2D eigenvalue weighted by atomic mass is 10.2. The van der Waals surface area contributed by atoms with E-state index in [-0.39, 0.29) is 0 Å². The highest BCUT2D eigenvalue weighted by Crippen LogP contribution is 2.14. The van der Waals surface area contributed by atoms with Crippen molar-refractivity contribution in [2.24, 2.45) is 0 Å². The molecule has 1 heterocycles. The fourth-order valence-corrected chi connectivity index (χ4v) is 2.40. The first-order valence-corrected chi connectivity index (χ1v) is 7.14. The molecule has 0 aliphatic heterocycles. The Labute approximate surface area is 114 Å². The monoisotopic (exact) mass is 269 g/mol. The molecular formula is C14H23NO2S. The van der Waals surface area contributed by atoms with Crippen molar-refractivity contribution in [3.63, 3.8) is 0 Å². The standard InChI is InChI=1S/C14H23NO2S/c1-4-7-17-11-13(16)9-15(12(2)3)10-14-6-5-8-18-14/h4-6,8,12-13,16H,1,7,9-11H2,2-3H3. The van der Waals surface area contributed by atoms with Crippen molar-refractivity contribution in [3.8, 4) is 0 Å². The average molecular weight is 269 g/mol. The Morgan fingerprint density at radius 3 is 2.89 bits per heavy atom. The number of aliphatic hydroxyl groups is 1. The molecule has 0 fully saturated rings. The zero-order valence-corrected chi connectivity index (χ0v) is 12.0. The Morgan fingerprint density at radius 1 is 1.56 bits per heavy atom. The smallest absolute Gasteiger partial charge is 0.0900 e. The molecule has 1 rings (SSSR count). The summed E-state index contributed by atoms with van der Waals surface area (Å²) in [5, 5.41) is 12.0. The lowest BCUT2D eigenvalue weighted by Gasteiger charge is -2.28. The van der Waals surface area contributed by atoms with E-state index in [1.807, 2.05) is 0 Å². The van der Waals surface area contributed by atoms with Gasteiger partial charge in [-0.05, 0) is 25.3 Å². The molecule has 0 saturated heterocycles. The third kappa shape index (κ3) is 5.78. The molecule has 3 nitrogen and oxygen atoms in total. The number of aliphatic hydroxyl groups excluding tert-OH is 1. The summed E-state index contributed by atoms with van der Waals surface area (Å²) in [6.07, 6.45) is 1.24. The van der Waals surface area contributed by atoms with Crippen LogP contribution in [0.15, 0.2) is 30.2 Å². The molecule has 1 aromatic rings. The van der Waals surface area contributed by atoms with Crippen LogP contribution in [-0.4, -0.2) is 41.9 Å². The lowest BCUT2D eigenvalue weighted by Crippen LogP contribution is -2.38. The van der Waals surface area contributed by atoms with Crippen LogP contribution in [0.5, 0.6) is 0 Å². The molecule has 1 aromatic heterocycles. The summed E-state index contributed by atoms with van der Waals surface area (Å²) >= 11 is 1.75. The Hall–Kier alpha value is -0.680. The van der Waals surface area contributed by atoms with E-state index in [9.17, 15) is 5.11 Å². The first-order valence-electron chi connectivity index (χ1n) is 6.26. The minimum Gasteiger partial charge on any atom is -0.389 e. The number of thiophene rings is 1. The molecule has 18 heavy (non-hydrogen) atoms. The fourth-order valence-electron chi connectivity index (χ4n) is 1.67. The van der Waals surface area contributed by atoms with Gasteiger partial charge in [-0.3, -0.25) is 4.90 Å². The lowest BCUT2D eigenvalue weighted by molar-refractivity contribution is 0.0181. The van der Waals surface area contributed by atoms with Gasteiger partial charge in [0.2, 0.25) is 0 Å². The van der Waals surface area contributed by atoms with Crippen LogP contribution >= 0.6 is 11.3 Å². The van der Waals surface area contributed by atoms with E-state index in [0.29, 0.717) is 25.8 Å². The van der Waals surface area contributed by atoms with E-state index in [4.69, 9.17) is 4.74 Å². The van der Waals surface area contributed by atoms with Gasteiger partial charge in [-0.15, -0.1) is 17.9 Å². The molecule has 0 bridgehead atoms. The van der Waals surface area contributed by atoms with Crippen molar-refractivity contribution >= 4 is 11.3 Å². The van der Waals surface area contributed by atoms with Gasteiger partial charge in [-0.1, -0.05) is 12.1 Å². The van der Waals surface area contributed by atoms with Crippen molar-refractivity contribution in [2.75, 3.05) is 19.8 Å². The Morgan fingerprint density at radius 2 is 2.33 bits per heavy atom. The van der Waals surface area contributed by atoms with Crippen LogP contribution in [-0.2, 0) is 11.3 Å². The predicted molar refractivity (Wildman–Crippen MR) is 76.9 cm³/mol. The maximum Gasteiger partial charge on any atom is 0.0900 e. The third-order valence-electron chi connectivity index (χ3n) is 2.66. The molecule has 1 N–H and O–H groups in total. The molecule has 1 atom stereocenters. The van der Waals surface area contributed by atoms with E-state index in [2.05, 4.69) is 42.8 Å². The van der Waals surface area contributed by atoms with Crippen LogP contribution in [0.1, 0.15) is 18.7 Å². The molecule has 0 aromatic carbocycles. The maximum absolute atomic E-state index is 9.93. The molecule has 1 unspecified atom stereocenters. The molecule has 0 spiro atoms. The summed E-state index contributed by atoms with van der Waals surface area (Å²) in [5.41, 5.74) is 0. The minimum absolute atomic E-state index is 0.361. The van der Waals surface area contributed by atoms with Crippen LogP contribution in [0.2, 0.25) is 0 Å². The summed E-state index contributed by atoms with van der Waals surface area (Å²) in [7, 11) is 0. The summed E-state index contributed by atoms with van der Waals surface area (Å²) in [4.78, 5) is 3.58. The van der Waals surface area contributed by atoms with Crippen molar-refractivity contribution in [2.45, 2.75) is 32.5 Å². The van der Waals surface area contributed by atoms with Crippen molar-refractivity contribution in [3.05, 3.63) is 35.0 Å². The minimum atomic E-state index is -0.452. The Balaban J connectivity index is 2.39. The van der Waals surface area contributed by atoms with Gasteiger partial charge in [0.1, 0.15) is 0 Å². The topological polar surface area (TPSA) is 32.7 Å². The molecular weight excluding hydrogens is 246 g/mol. The molecule has 0 aliphatic rings. The summed E-state index contributed by atoms with van der Waals surface area (Å²) < 4.78 is 5.27. The van der Waals surface area contributed by atoms with Gasteiger partial charge in [0.05, 0.1) is 19.3 Å². The number of ether oxygens (including phenoxy) is 1. The number of rotatable bonds is 9. The largest absolute Gasteiger partial charge is 0.389 e. The zero-order chi connectivity index (χ0) is 13.4. The van der Waals surface area contributed by atoms with Gasteiger partial charge in [0.15, 0.2) is 0 Å². The number of nitrogens with zero attached hydrogens (tertiary/aromatic N) is 1. The van der Waals surface area contributed by atoms with Gasteiger partial charge in [-0.2, -0.15) is 0 Å². The number of hydrogen-bond donors (Lipinski definition) is 1. The second-order valence-corrected chi connectivity index (χ2v) is 5.61. The molecule has 4 heteroatoms. The van der Waals surface area contributed by atoms with Crippen LogP contribution < -0.4 is 0 Å². The highest BCUT2D eigenvalue weighted by molar-refractivity contribution is 7.09. The van der Waals surface area contributed by atoms with Crippen molar-refractivity contribution in [1.82, 2.24) is 4.90 Å². The van der Waals surface area contributed by atoms with E-state index < -0.39 is 6.10 Å². The zero-order valence-electron chi connectivity index (χ0n) is 11.2. The van der Waals surface area contributed by atoms with Gasteiger partial charge >= 0.3 is 0 Å². The third-order valence-corrected chi connectivity index (χ3v) is 3.52. The molecule has 0 amide bonds. The normalized spacial score (nSPS) is 13.2. The molecule has 0 saturated carbocycles. The molecule has 0 radical (unpaired) electrons. The maximum atomic E-state index is 9.93. The second-order valence-electron chi connectivity index (χ2n) is 4.58. The van der Waals surface area contributed by atoms with E-state index in [0.717, 1.165) is 6.54 Å².